The second-order valence-corrected chi connectivity index (χ2v) is 8.87. The van der Waals surface area contributed by atoms with Crippen LogP contribution in [0.3, 0.4) is 0 Å². The molecule has 1 aliphatic rings. The molecule has 0 saturated carbocycles. The fraction of sp³-hybridized carbons (Fsp3) is 0.591. The molecule has 1 fully saturated rings. The normalized spacial score (nSPS) is 18.0. The lowest BCUT2D eigenvalue weighted by atomic mass is 9.79. The lowest BCUT2D eigenvalue weighted by molar-refractivity contribution is 0.160. The van der Waals surface area contributed by atoms with Gasteiger partial charge in [0, 0.05) is 37.3 Å². The van der Waals surface area contributed by atoms with Gasteiger partial charge in [-0.05, 0) is 40.5 Å². The van der Waals surface area contributed by atoms with Crippen LogP contribution in [0.25, 0.3) is 0 Å². The first-order valence-electron chi connectivity index (χ1n) is 10.1. The van der Waals surface area contributed by atoms with E-state index >= 15 is 0 Å². The highest BCUT2D eigenvalue weighted by Crippen LogP contribution is 2.32. The lowest BCUT2D eigenvalue weighted by Crippen LogP contribution is -2.62. The van der Waals surface area contributed by atoms with Crippen LogP contribution in [0.15, 0.2) is 38.0 Å². The van der Waals surface area contributed by atoms with E-state index in [2.05, 4.69) is 67.6 Å². The van der Waals surface area contributed by atoms with Gasteiger partial charge in [-0.3, -0.25) is 0 Å². The van der Waals surface area contributed by atoms with E-state index in [0.29, 0.717) is 37.6 Å². The average molecular weight is 401 g/mol. The molecule has 0 bridgehead atoms. The molecule has 0 aliphatic carbocycles. The summed E-state index contributed by atoms with van der Waals surface area (Å²) in [5.41, 5.74) is 0.0485. The fourth-order valence-electron chi connectivity index (χ4n) is 4.09. The number of anilines is 2. The molecule has 1 aromatic heterocycles. The summed E-state index contributed by atoms with van der Waals surface area (Å²) in [7, 11) is 2.05. The number of nitrogens with zero attached hydrogens (tertiary/aromatic N) is 5. The Kier molecular flexibility index (Phi) is 7.41. The largest absolute Gasteiger partial charge is 0.459 e. The summed E-state index contributed by atoms with van der Waals surface area (Å²) < 4.78 is 5.66. The molecular formula is C22H36N6O. The molecule has 7 nitrogen and oxygen atoms in total. The van der Waals surface area contributed by atoms with Crippen LogP contribution in [0.2, 0.25) is 0 Å². The third kappa shape index (κ3) is 6.29. The molecule has 0 aromatic carbocycles. The van der Waals surface area contributed by atoms with Crippen molar-refractivity contribution in [3.63, 3.8) is 0 Å². The molecule has 2 heterocycles. The lowest BCUT2D eigenvalue weighted by Gasteiger charge is -2.48. The van der Waals surface area contributed by atoms with Gasteiger partial charge in [0.25, 0.3) is 0 Å². The van der Waals surface area contributed by atoms with Gasteiger partial charge in [-0.25, -0.2) is 0 Å². The standard InChI is InChI=1S/C22H36N6O/c1-9-12-28(13-10-2)19-23-18(24-20(25-19)29-14-11-3)27(8)17-15-21(4,5)26-22(6,7)16-17/h9-11,17,26H,1-3,12-16H2,4-8H3. The van der Waals surface area contributed by atoms with Gasteiger partial charge in [0.15, 0.2) is 0 Å². The molecule has 1 aromatic rings. The molecule has 1 N–H and O–H groups in total. The second kappa shape index (κ2) is 9.39. The van der Waals surface area contributed by atoms with Crippen LogP contribution in [0.1, 0.15) is 40.5 Å². The summed E-state index contributed by atoms with van der Waals surface area (Å²) >= 11 is 0. The minimum atomic E-state index is 0.0242. The third-order valence-electron chi connectivity index (χ3n) is 4.94. The van der Waals surface area contributed by atoms with E-state index in [9.17, 15) is 0 Å². The Bertz CT molecular complexity index is 704. The first kappa shape index (κ1) is 22.9. The average Bonchev–Trinajstić information content (AvgIpc) is 2.62. The van der Waals surface area contributed by atoms with Crippen LogP contribution in [0.5, 0.6) is 6.01 Å². The highest BCUT2D eigenvalue weighted by atomic mass is 16.5. The number of hydrogen-bond donors (Lipinski definition) is 1. The Labute approximate surface area is 175 Å². The number of nitrogens with one attached hydrogen (secondary N) is 1. The Morgan fingerprint density at radius 2 is 1.52 bits per heavy atom. The first-order valence-corrected chi connectivity index (χ1v) is 10.1. The van der Waals surface area contributed by atoms with Crippen molar-refractivity contribution in [3.05, 3.63) is 38.0 Å². The number of piperidine rings is 1. The van der Waals surface area contributed by atoms with Gasteiger partial charge >= 0.3 is 6.01 Å². The van der Waals surface area contributed by atoms with Gasteiger partial charge < -0.3 is 19.9 Å². The van der Waals surface area contributed by atoms with Crippen molar-refractivity contribution in [2.45, 2.75) is 57.7 Å². The molecular weight excluding hydrogens is 364 g/mol. The summed E-state index contributed by atoms with van der Waals surface area (Å²) in [6.45, 7) is 21.9. The van der Waals surface area contributed by atoms with Crippen LogP contribution >= 0.6 is 0 Å². The minimum absolute atomic E-state index is 0.0242. The Morgan fingerprint density at radius 1 is 0.966 bits per heavy atom. The zero-order valence-electron chi connectivity index (χ0n) is 18.6. The molecule has 0 atom stereocenters. The molecule has 0 unspecified atom stereocenters. The summed E-state index contributed by atoms with van der Waals surface area (Å²) in [6.07, 6.45) is 7.28. The summed E-state index contributed by atoms with van der Waals surface area (Å²) in [5, 5.41) is 3.72. The van der Waals surface area contributed by atoms with Crippen molar-refractivity contribution in [2.24, 2.45) is 0 Å². The van der Waals surface area contributed by atoms with Crippen molar-refractivity contribution in [1.82, 2.24) is 20.3 Å². The molecule has 0 radical (unpaired) electrons. The molecule has 2 rings (SSSR count). The van der Waals surface area contributed by atoms with E-state index in [4.69, 9.17) is 9.72 Å². The summed E-state index contributed by atoms with van der Waals surface area (Å²) in [5.74, 6) is 1.15. The van der Waals surface area contributed by atoms with Gasteiger partial charge in [0.2, 0.25) is 11.9 Å². The Hall–Kier alpha value is -2.41. The molecule has 1 aliphatic heterocycles. The van der Waals surface area contributed by atoms with E-state index in [1.165, 1.54) is 0 Å². The van der Waals surface area contributed by atoms with Gasteiger partial charge in [-0.15, -0.1) is 13.2 Å². The predicted octanol–water partition coefficient (Wildman–Crippen LogP) is 3.36. The van der Waals surface area contributed by atoms with Crippen molar-refractivity contribution in [2.75, 3.05) is 36.5 Å². The van der Waals surface area contributed by atoms with Crippen LogP contribution in [-0.4, -0.2) is 58.8 Å². The van der Waals surface area contributed by atoms with Gasteiger partial charge in [-0.2, -0.15) is 15.0 Å². The summed E-state index contributed by atoms with van der Waals surface area (Å²) in [4.78, 5) is 18.0. The maximum atomic E-state index is 5.66. The maximum absolute atomic E-state index is 5.66. The van der Waals surface area contributed by atoms with E-state index in [-0.39, 0.29) is 17.1 Å². The fourth-order valence-corrected chi connectivity index (χ4v) is 4.09. The quantitative estimate of drug-likeness (QED) is 0.604. The van der Waals surface area contributed by atoms with E-state index in [1.807, 2.05) is 24.1 Å². The zero-order chi connectivity index (χ0) is 21.7. The van der Waals surface area contributed by atoms with Crippen LogP contribution in [0, 0.1) is 0 Å². The predicted molar refractivity (Wildman–Crippen MR) is 121 cm³/mol. The summed E-state index contributed by atoms with van der Waals surface area (Å²) in [6, 6.07) is 0.582. The Balaban J connectivity index is 2.40. The van der Waals surface area contributed by atoms with Gasteiger partial charge in [0.05, 0.1) is 0 Å². The van der Waals surface area contributed by atoms with Crippen molar-refractivity contribution >= 4 is 11.9 Å². The number of aromatic nitrogens is 3. The molecule has 160 valence electrons. The van der Waals surface area contributed by atoms with Crippen molar-refractivity contribution < 1.29 is 4.74 Å². The van der Waals surface area contributed by atoms with Crippen molar-refractivity contribution in [3.8, 4) is 6.01 Å². The molecule has 1 saturated heterocycles. The van der Waals surface area contributed by atoms with E-state index < -0.39 is 0 Å². The van der Waals surface area contributed by atoms with Crippen LogP contribution in [-0.2, 0) is 0 Å². The second-order valence-electron chi connectivity index (χ2n) is 8.87. The van der Waals surface area contributed by atoms with E-state index in [0.717, 1.165) is 12.8 Å². The molecule has 0 amide bonds. The molecule has 29 heavy (non-hydrogen) atoms. The number of hydrogen-bond acceptors (Lipinski definition) is 7. The number of rotatable bonds is 10. The van der Waals surface area contributed by atoms with Crippen LogP contribution < -0.4 is 19.9 Å². The third-order valence-corrected chi connectivity index (χ3v) is 4.94. The maximum Gasteiger partial charge on any atom is 0.323 e. The van der Waals surface area contributed by atoms with Crippen LogP contribution in [0.4, 0.5) is 11.9 Å². The number of ether oxygens (including phenoxy) is 1. The SMILES string of the molecule is C=CCOc1nc(N(CC=C)CC=C)nc(N(C)C2CC(C)(C)NC(C)(C)C2)n1. The molecule has 0 spiro atoms. The van der Waals surface area contributed by atoms with Gasteiger partial charge in [-0.1, -0.05) is 24.8 Å². The zero-order valence-corrected chi connectivity index (χ0v) is 18.6. The first-order chi connectivity index (χ1) is 13.6. The molecule has 7 heteroatoms. The van der Waals surface area contributed by atoms with Crippen molar-refractivity contribution in [1.29, 1.82) is 0 Å². The topological polar surface area (TPSA) is 66.4 Å². The highest BCUT2D eigenvalue weighted by Gasteiger charge is 2.40. The Morgan fingerprint density at radius 3 is 2.03 bits per heavy atom. The minimum Gasteiger partial charge on any atom is -0.459 e. The van der Waals surface area contributed by atoms with Gasteiger partial charge in [0.1, 0.15) is 6.61 Å². The highest BCUT2D eigenvalue weighted by molar-refractivity contribution is 5.42. The monoisotopic (exact) mass is 400 g/mol. The smallest absolute Gasteiger partial charge is 0.323 e. The van der Waals surface area contributed by atoms with E-state index in [1.54, 1.807) is 6.08 Å².